The van der Waals surface area contributed by atoms with E-state index in [1.807, 2.05) is 0 Å². The number of nitrogens with zero attached hydrogens (tertiary/aromatic N) is 4. The molecule has 0 unspecified atom stereocenters. The molecular formula is C20H15FN6O2. The number of benzene rings is 1. The number of nitrogens with one attached hydrogen (secondary N) is 2. The van der Waals surface area contributed by atoms with Crippen molar-refractivity contribution >= 4 is 5.91 Å². The van der Waals surface area contributed by atoms with Crippen molar-refractivity contribution in [1.82, 2.24) is 30.0 Å². The molecule has 0 saturated heterocycles. The van der Waals surface area contributed by atoms with Crippen molar-refractivity contribution in [2.24, 2.45) is 0 Å². The van der Waals surface area contributed by atoms with Gasteiger partial charge in [-0.2, -0.15) is 5.10 Å². The summed E-state index contributed by atoms with van der Waals surface area (Å²) in [6.07, 6.45) is 5.91. The summed E-state index contributed by atoms with van der Waals surface area (Å²) in [5, 5.41) is 6.61. The lowest BCUT2D eigenvalue weighted by atomic mass is 10.1. The Labute approximate surface area is 164 Å². The first-order valence-electron chi connectivity index (χ1n) is 8.69. The van der Waals surface area contributed by atoms with Gasteiger partial charge in [0.25, 0.3) is 11.5 Å². The Kier molecular flexibility index (Phi) is 4.93. The highest BCUT2D eigenvalue weighted by atomic mass is 19.1. The molecule has 144 valence electrons. The second-order valence-electron chi connectivity index (χ2n) is 6.11. The molecule has 0 spiro atoms. The van der Waals surface area contributed by atoms with Crippen LogP contribution >= 0.6 is 0 Å². The highest BCUT2D eigenvalue weighted by Crippen LogP contribution is 2.20. The average molecular weight is 390 g/mol. The van der Waals surface area contributed by atoms with Crippen LogP contribution in [0.4, 0.5) is 4.39 Å². The summed E-state index contributed by atoms with van der Waals surface area (Å²) in [6.45, 7) is 0.156. The Bertz CT molecular complexity index is 1200. The first-order chi connectivity index (χ1) is 14.1. The molecule has 0 aliphatic heterocycles. The second kappa shape index (κ2) is 7.85. The SMILES string of the molecule is O=C(NCc1ccc(-c2ccccc2F)nc1)c1cnc(-n2cccn2)[nH]c1=O. The zero-order chi connectivity index (χ0) is 20.2. The maximum atomic E-state index is 13.8. The molecule has 3 heterocycles. The predicted octanol–water partition coefficient (Wildman–Crippen LogP) is 2.09. The van der Waals surface area contributed by atoms with Gasteiger partial charge in [-0.3, -0.25) is 19.6 Å². The topological polar surface area (TPSA) is 106 Å². The minimum absolute atomic E-state index is 0.114. The monoisotopic (exact) mass is 390 g/mol. The van der Waals surface area contributed by atoms with Gasteiger partial charge in [0, 0.05) is 36.9 Å². The third-order valence-electron chi connectivity index (χ3n) is 4.18. The Balaban J connectivity index is 1.43. The van der Waals surface area contributed by atoms with Crippen molar-refractivity contribution in [2.45, 2.75) is 6.54 Å². The number of aromatic nitrogens is 5. The minimum atomic E-state index is -0.573. The number of amides is 1. The summed E-state index contributed by atoms with van der Waals surface area (Å²) in [4.78, 5) is 35.3. The van der Waals surface area contributed by atoms with E-state index in [2.05, 4.69) is 25.4 Å². The standard InChI is InChI=1S/C20H15FN6O2/c21-16-5-2-1-4-14(16)17-7-6-13(10-22-17)11-23-18(28)15-12-24-20(26-19(15)29)27-9-3-8-25-27/h1-10,12H,11H2,(H,23,28)(H,24,26,29). The normalized spacial score (nSPS) is 10.7. The number of hydrogen-bond donors (Lipinski definition) is 2. The molecule has 8 nitrogen and oxygen atoms in total. The number of halogens is 1. The van der Waals surface area contributed by atoms with E-state index >= 15 is 0 Å². The van der Waals surface area contributed by atoms with Gasteiger partial charge in [-0.25, -0.2) is 14.1 Å². The summed E-state index contributed by atoms with van der Waals surface area (Å²) in [7, 11) is 0. The van der Waals surface area contributed by atoms with Crippen molar-refractivity contribution in [3.8, 4) is 17.2 Å². The zero-order valence-corrected chi connectivity index (χ0v) is 15.0. The maximum absolute atomic E-state index is 13.8. The van der Waals surface area contributed by atoms with E-state index in [0.717, 1.165) is 0 Å². The van der Waals surface area contributed by atoms with Gasteiger partial charge in [-0.1, -0.05) is 18.2 Å². The number of aromatic amines is 1. The van der Waals surface area contributed by atoms with Crippen LogP contribution < -0.4 is 10.9 Å². The lowest BCUT2D eigenvalue weighted by molar-refractivity contribution is 0.0949. The summed E-state index contributed by atoms with van der Waals surface area (Å²) < 4.78 is 15.2. The van der Waals surface area contributed by atoms with E-state index in [-0.39, 0.29) is 23.9 Å². The molecule has 0 fully saturated rings. The Hall–Kier alpha value is -4.14. The quantitative estimate of drug-likeness (QED) is 0.543. The van der Waals surface area contributed by atoms with Crippen LogP contribution in [0.5, 0.6) is 0 Å². The lowest BCUT2D eigenvalue weighted by Crippen LogP contribution is -2.30. The number of carbonyl (C=O) groups is 1. The van der Waals surface area contributed by atoms with Crippen molar-refractivity contribution in [3.05, 3.63) is 94.5 Å². The molecule has 9 heteroatoms. The Morgan fingerprint density at radius 1 is 1.10 bits per heavy atom. The summed E-state index contributed by atoms with van der Waals surface area (Å²) in [5.41, 5.74) is 0.912. The molecule has 4 rings (SSSR count). The molecule has 1 aromatic carbocycles. The van der Waals surface area contributed by atoms with Gasteiger partial charge in [0.1, 0.15) is 11.4 Å². The fourth-order valence-electron chi connectivity index (χ4n) is 2.69. The van der Waals surface area contributed by atoms with Gasteiger partial charge >= 0.3 is 0 Å². The van der Waals surface area contributed by atoms with Gasteiger partial charge in [0.15, 0.2) is 0 Å². The predicted molar refractivity (Wildman–Crippen MR) is 103 cm³/mol. The summed E-state index contributed by atoms with van der Waals surface area (Å²) >= 11 is 0. The van der Waals surface area contributed by atoms with E-state index in [9.17, 15) is 14.0 Å². The van der Waals surface area contributed by atoms with E-state index in [0.29, 0.717) is 16.8 Å². The first kappa shape index (κ1) is 18.2. The third-order valence-corrected chi connectivity index (χ3v) is 4.18. The van der Waals surface area contributed by atoms with Crippen LogP contribution in [-0.4, -0.2) is 30.6 Å². The van der Waals surface area contributed by atoms with Crippen LogP contribution in [0.1, 0.15) is 15.9 Å². The van der Waals surface area contributed by atoms with Crippen molar-refractivity contribution in [1.29, 1.82) is 0 Å². The lowest BCUT2D eigenvalue weighted by Gasteiger charge is -2.07. The molecule has 0 bridgehead atoms. The average Bonchev–Trinajstić information content (AvgIpc) is 3.28. The van der Waals surface area contributed by atoms with E-state index < -0.39 is 11.5 Å². The van der Waals surface area contributed by atoms with Crippen molar-refractivity contribution in [3.63, 3.8) is 0 Å². The highest BCUT2D eigenvalue weighted by molar-refractivity contribution is 5.93. The first-order valence-corrected chi connectivity index (χ1v) is 8.69. The van der Waals surface area contributed by atoms with Crippen LogP contribution in [0.15, 0.2) is 72.0 Å². The van der Waals surface area contributed by atoms with Gasteiger partial charge in [-0.05, 0) is 29.8 Å². The maximum Gasteiger partial charge on any atom is 0.265 e. The highest BCUT2D eigenvalue weighted by Gasteiger charge is 2.13. The molecule has 3 aromatic heterocycles. The van der Waals surface area contributed by atoms with Crippen LogP contribution in [0.25, 0.3) is 17.2 Å². The van der Waals surface area contributed by atoms with Crippen LogP contribution in [-0.2, 0) is 6.54 Å². The molecule has 29 heavy (non-hydrogen) atoms. The molecule has 0 radical (unpaired) electrons. The van der Waals surface area contributed by atoms with Crippen LogP contribution in [0, 0.1) is 5.82 Å². The minimum Gasteiger partial charge on any atom is -0.348 e. The Morgan fingerprint density at radius 2 is 1.97 bits per heavy atom. The third kappa shape index (κ3) is 3.93. The number of pyridine rings is 1. The van der Waals surface area contributed by atoms with Crippen LogP contribution in [0.3, 0.4) is 0 Å². The number of rotatable bonds is 5. The fourth-order valence-corrected chi connectivity index (χ4v) is 2.69. The fraction of sp³-hybridized carbons (Fsp3) is 0.0500. The van der Waals surface area contributed by atoms with Gasteiger partial charge in [0.05, 0.1) is 5.69 Å². The van der Waals surface area contributed by atoms with Crippen molar-refractivity contribution < 1.29 is 9.18 Å². The summed E-state index contributed by atoms with van der Waals surface area (Å²) in [6, 6.07) is 11.5. The molecule has 0 atom stereocenters. The van der Waals surface area contributed by atoms with Crippen molar-refractivity contribution in [2.75, 3.05) is 0 Å². The summed E-state index contributed by atoms with van der Waals surface area (Å²) in [5.74, 6) is -0.709. The second-order valence-corrected chi connectivity index (χ2v) is 6.11. The number of H-pyrrole nitrogens is 1. The molecule has 2 N–H and O–H groups in total. The number of carbonyl (C=O) groups excluding carboxylic acids is 1. The van der Waals surface area contributed by atoms with Gasteiger partial charge in [-0.15, -0.1) is 0 Å². The number of hydrogen-bond acceptors (Lipinski definition) is 5. The molecule has 0 aliphatic rings. The Morgan fingerprint density at radius 3 is 2.66 bits per heavy atom. The van der Waals surface area contributed by atoms with E-state index in [4.69, 9.17) is 0 Å². The smallest absolute Gasteiger partial charge is 0.265 e. The van der Waals surface area contributed by atoms with E-state index in [1.165, 1.54) is 16.9 Å². The van der Waals surface area contributed by atoms with Crippen LogP contribution in [0.2, 0.25) is 0 Å². The zero-order valence-electron chi connectivity index (χ0n) is 15.0. The molecule has 4 aromatic rings. The molecule has 0 saturated carbocycles. The molecule has 1 amide bonds. The largest absolute Gasteiger partial charge is 0.348 e. The molecular weight excluding hydrogens is 375 g/mol. The van der Waals surface area contributed by atoms with Gasteiger partial charge in [0.2, 0.25) is 5.95 Å². The van der Waals surface area contributed by atoms with Gasteiger partial charge < -0.3 is 5.32 Å². The van der Waals surface area contributed by atoms with E-state index in [1.54, 1.807) is 55.0 Å². The molecule has 0 aliphatic carbocycles.